The molecule has 1 aromatic heterocycles. The molecule has 0 spiro atoms. The van der Waals surface area contributed by atoms with Gasteiger partial charge in [-0.15, -0.1) is 0 Å². The van der Waals surface area contributed by atoms with Gasteiger partial charge in [0.2, 0.25) is 5.89 Å². The van der Waals surface area contributed by atoms with E-state index in [4.69, 9.17) is 15.0 Å². The molecule has 0 bridgehead atoms. The number of aromatic nitrogens is 2. The minimum atomic E-state index is -0.253. The van der Waals surface area contributed by atoms with Crippen molar-refractivity contribution < 1.29 is 9.26 Å². The van der Waals surface area contributed by atoms with E-state index >= 15 is 0 Å². The summed E-state index contributed by atoms with van der Waals surface area (Å²) in [5, 5.41) is 4.04. The number of nitrogens with zero attached hydrogens (tertiary/aromatic N) is 2. The van der Waals surface area contributed by atoms with Crippen molar-refractivity contribution in [2.75, 3.05) is 7.11 Å². The van der Waals surface area contributed by atoms with Crippen LogP contribution in [-0.2, 0) is 12.8 Å². The molecular formula is C19H21N3O2. The van der Waals surface area contributed by atoms with Crippen LogP contribution in [0.25, 0.3) is 0 Å². The van der Waals surface area contributed by atoms with Crippen molar-refractivity contribution in [1.82, 2.24) is 10.1 Å². The van der Waals surface area contributed by atoms with Gasteiger partial charge in [0.05, 0.1) is 13.2 Å². The number of aryl methyl sites for hydroxylation is 1. The summed E-state index contributed by atoms with van der Waals surface area (Å²) in [6.07, 6.45) is 2.24. The molecule has 1 heterocycles. The average molecular weight is 323 g/mol. The second-order valence-electron chi connectivity index (χ2n) is 5.71. The molecule has 2 N–H and O–H groups in total. The van der Waals surface area contributed by atoms with Crippen LogP contribution < -0.4 is 10.5 Å². The maximum absolute atomic E-state index is 6.18. The average Bonchev–Trinajstić information content (AvgIpc) is 3.09. The highest BCUT2D eigenvalue weighted by Crippen LogP contribution is 2.18. The van der Waals surface area contributed by atoms with Gasteiger partial charge in [0.1, 0.15) is 5.75 Å². The highest BCUT2D eigenvalue weighted by atomic mass is 16.5. The van der Waals surface area contributed by atoms with Crippen LogP contribution >= 0.6 is 0 Å². The zero-order valence-electron chi connectivity index (χ0n) is 13.7. The largest absolute Gasteiger partial charge is 0.497 e. The molecule has 0 saturated carbocycles. The van der Waals surface area contributed by atoms with Crippen molar-refractivity contribution in [1.29, 1.82) is 0 Å². The highest BCUT2D eigenvalue weighted by molar-refractivity contribution is 5.30. The van der Waals surface area contributed by atoms with Crippen LogP contribution in [0.15, 0.2) is 59.1 Å². The van der Waals surface area contributed by atoms with E-state index < -0.39 is 0 Å². The fourth-order valence-electron chi connectivity index (χ4n) is 2.55. The van der Waals surface area contributed by atoms with Crippen LogP contribution in [-0.4, -0.2) is 17.3 Å². The Balaban J connectivity index is 1.60. The number of hydrogen-bond acceptors (Lipinski definition) is 5. The van der Waals surface area contributed by atoms with Crippen molar-refractivity contribution in [3.63, 3.8) is 0 Å². The van der Waals surface area contributed by atoms with Gasteiger partial charge in [-0.25, -0.2) is 0 Å². The molecule has 0 aliphatic rings. The highest BCUT2D eigenvalue weighted by Gasteiger charge is 2.15. The molecule has 124 valence electrons. The molecule has 0 aliphatic heterocycles. The second-order valence-corrected chi connectivity index (χ2v) is 5.71. The molecule has 3 rings (SSSR count). The lowest BCUT2D eigenvalue weighted by molar-refractivity contribution is 0.345. The number of hydrogen-bond donors (Lipinski definition) is 1. The van der Waals surface area contributed by atoms with E-state index in [2.05, 4.69) is 22.3 Å². The lowest BCUT2D eigenvalue weighted by Crippen LogP contribution is -2.12. The van der Waals surface area contributed by atoms with Gasteiger partial charge in [0.25, 0.3) is 0 Å². The van der Waals surface area contributed by atoms with Crippen molar-refractivity contribution >= 4 is 0 Å². The Hall–Kier alpha value is -2.66. The van der Waals surface area contributed by atoms with Crippen LogP contribution in [0.3, 0.4) is 0 Å². The molecule has 5 heteroatoms. The lowest BCUT2D eigenvalue weighted by Gasteiger charge is -2.06. The summed E-state index contributed by atoms with van der Waals surface area (Å²) in [7, 11) is 1.65. The summed E-state index contributed by atoms with van der Waals surface area (Å²) in [6.45, 7) is 0. The monoisotopic (exact) mass is 323 g/mol. The Labute approximate surface area is 141 Å². The van der Waals surface area contributed by atoms with Gasteiger partial charge in [-0.1, -0.05) is 47.6 Å². The Kier molecular flexibility index (Phi) is 5.23. The predicted octanol–water partition coefficient (Wildman–Crippen LogP) is 3.30. The van der Waals surface area contributed by atoms with Crippen molar-refractivity contribution in [3.8, 4) is 5.75 Å². The van der Waals surface area contributed by atoms with Gasteiger partial charge >= 0.3 is 0 Å². The maximum atomic E-state index is 6.18. The number of methoxy groups -OCH3 is 1. The molecule has 0 saturated heterocycles. The van der Waals surface area contributed by atoms with E-state index in [0.717, 1.165) is 24.2 Å². The zero-order chi connectivity index (χ0) is 16.8. The smallest absolute Gasteiger partial charge is 0.243 e. The van der Waals surface area contributed by atoms with Gasteiger partial charge in [-0.2, -0.15) is 4.98 Å². The summed E-state index contributed by atoms with van der Waals surface area (Å²) in [5.41, 5.74) is 8.50. The quantitative estimate of drug-likeness (QED) is 0.722. The first-order valence-electron chi connectivity index (χ1n) is 7.99. The standard InChI is InChI=1S/C19H21N3O2/c1-23-16-9-5-8-15(12-16)13-18-21-19(24-22-18)17(20)11-10-14-6-3-2-4-7-14/h2-9,12,17H,10-11,13,20H2,1H3/t17-/m1/s1. The third-order valence-corrected chi connectivity index (χ3v) is 3.88. The summed E-state index contributed by atoms with van der Waals surface area (Å²) < 4.78 is 10.6. The minimum Gasteiger partial charge on any atom is -0.497 e. The fraction of sp³-hybridized carbons (Fsp3) is 0.263. The number of ether oxygens (including phenoxy) is 1. The molecule has 5 nitrogen and oxygen atoms in total. The maximum Gasteiger partial charge on any atom is 0.243 e. The van der Waals surface area contributed by atoms with Gasteiger partial charge in [0.15, 0.2) is 5.82 Å². The van der Waals surface area contributed by atoms with Crippen molar-refractivity contribution in [3.05, 3.63) is 77.4 Å². The first kappa shape index (κ1) is 16.2. The summed E-state index contributed by atoms with van der Waals surface area (Å²) in [5.74, 6) is 1.94. The molecule has 0 fully saturated rings. The summed E-state index contributed by atoms with van der Waals surface area (Å²) in [4.78, 5) is 4.43. The van der Waals surface area contributed by atoms with E-state index in [0.29, 0.717) is 18.1 Å². The van der Waals surface area contributed by atoms with Crippen molar-refractivity contribution in [2.45, 2.75) is 25.3 Å². The van der Waals surface area contributed by atoms with E-state index in [1.54, 1.807) is 7.11 Å². The lowest BCUT2D eigenvalue weighted by atomic mass is 10.1. The first-order chi connectivity index (χ1) is 11.7. The van der Waals surface area contributed by atoms with Gasteiger partial charge in [-0.05, 0) is 36.1 Å². The number of rotatable bonds is 7. The zero-order valence-corrected chi connectivity index (χ0v) is 13.7. The molecular weight excluding hydrogens is 302 g/mol. The molecule has 2 aromatic carbocycles. The van der Waals surface area contributed by atoms with Crippen molar-refractivity contribution in [2.24, 2.45) is 5.73 Å². The second kappa shape index (κ2) is 7.75. The Morgan fingerprint density at radius 1 is 1.08 bits per heavy atom. The predicted molar refractivity (Wildman–Crippen MR) is 91.8 cm³/mol. The molecule has 0 unspecified atom stereocenters. The normalized spacial score (nSPS) is 12.1. The Bertz CT molecular complexity index is 771. The fourth-order valence-corrected chi connectivity index (χ4v) is 2.55. The van der Waals surface area contributed by atoms with Crippen LogP contribution in [0, 0.1) is 0 Å². The minimum absolute atomic E-state index is 0.253. The molecule has 3 aromatic rings. The van der Waals surface area contributed by atoms with E-state index in [1.807, 2.05) is 42.5 Å². The van der Waals surface area contributed by atoms with Crippen LogP contribution in [0.5, 0.6) is 5.75 Å². The van der Waals surface area contributed by atoms with E-state index in [1.165, 1.54) is 5.56 Å². The van der Waals surface area contributed by atoms with Crippen LogP contribution in [0.1, 0.15) is 35.3 Å². The molecule has 1 atom stereocenters. The molecule has 24 heavy (non-hydrogen) atoms. The van der Waals surface area contributed by atoms with Crippen LogP contribution in [0.2, 0.25) is 0 Å². The SMILES string of the molecule is COc1cccc(Cc2noc([C@H](N)CCc3ccccc3)n2)c1. The van der Waals surface area contributed by atoms with Gasteiger partial charge in [0, 0.05) is 6.42 Å². The summed E-state index contributed by atoms with van der Waals surface area (Å²) >= 11 is 0. The third-order valence-electron chi connectivity index (χ3n) is 3.88. The topological polar surface area (TPSA) is 74.2 Å². The van der Waals surface area contributed by atoms with Crippen LogP contribution in [0.4, 0.5) is 0 Å². The van der Waals surface area contributed by atoms with Gasteiger partial charge < -0.3 is 15.0 Å². The molecule has 0 aliphatic carbocycles. The molecule has 0 radical (unpaired) electrons. The molecule has 0 amide bonds. The number of benzene rings is 2. The van der Waals surface area contributed by atoms with Gasteiger partial charge in [-0.3, -0.25) is 0 Å². The Morgan fingerprint density at radius 2 is 1.88 bits per heavy atom. The van der Waals surface area contributed by atoms with E-state index in [-0.39, 0.29) is 6.04 Å². The van der Waals surface area contributed by atoms with E-state index in [9.17, 15) is 0 Å². The summed E-state index contributed by atoms with van der Waals surface area (Å²) in [6, 6.07) is 17.8. The number of nitrogens with two attached hydrogens (primary N) is 1. The Morgan fingerprint density at radius 3 is 2.67 bits per heavy atom. The third kappa shape index (κ3) is 4.20. The first-order valence-corrected chi connectivity index (χ1v) is 7.99.